The highest BCUT2D eigenvalue weighted by Crippen LogP contribution is 2.56. The quantitative estimate of drug-likeness (QED) is 0.580. The van der Waals surface area contributed by atoms with E-state index >= 15 is 0 Å². The van der Waals surface area contributed by atoms with Crippen LogP contribution in [0.5, 0.6) is 5.75 Å². The average molecular weight is 366 g/mol. The summed E-state index contributed by atoms with van der Waals surface area (Å²) in [5, 5.41) is 0. The van der Waals surface area contributed by atoms with Crippen LogP contribution < -0.4 is 4.74 Å². The Balaban J connectivity index is 1.19. The van der Waals surface area contributed by atoms with E-state index in [0.29, 0.717) is 24.7 Å². The highest BCUT2D eigenvalue weighted by molar-refractivity contribution is 5.70. The summed E-state index contributed by atoms with van der Waals surface area (Å²) < 4.78 is 22.8. The van der Waals surface area contributed by atoms with E-state index < -0.39 is 0 Å². The van der Waals surface area contributed by atoms with Gasteiger partial charge in [0.15, 0.2) is 0 Å². The molecule has 1 aliphatic carbocycles. The fraction of sp³-hybridized carbons (Fsp3) is 0.409. The molecular formula is C22H22O5. The number of fused-ring (bicyclic) bond motifs is 5. The largest absolute Gasteiger partial charge is 0.489 e. The average Bonchev–Trinajstić information content (AvgIpc) is 3.18. The van der Waals surface area contributed by atoms with Crippen molar-refractivity contribution in [3.63, 3.8) is 0 Å². The van der Waals surface area contributed by atoms with E-state index in [9.17, 15) is 4.79 Å². The van der Waals surface area contributed by atoms with Gasteiger partial charge in [-0.2, -0.15) is 0 Å². The Bertz CT molecular complexity index is 863. The van der Waals surface area contributed by atoms with E-state index in [1.54, 1.807) is 0 Å². The molecule has 0 aromatic heterocycles. The Labute approximate surface area is 158 Å². The lowest BCUT2D eigenvalue weighted by Crippen LogP contribution is -2.17. The monoisotopic (exact) mass is 366 g/mol. The minimum Gasteiger partial charge on any atom is -0.489 e. The molecule has 4 atom stereocenters. The van der Waals surface area contributed by atoms with Crippen molar-refractivity contribution in [2.45, 2.75) is 50.8 Å². The molecule has 2 fully saturated rings. The predicted octanol–water partition coefficient (Wildman–Crippen LogP) is 3.27. The van der Waals surface area contributed by atoms with Crippen molar-refractivity contribution in [3.8, 4) is 5.75 Å². The third kappa shape index (κ3) is 3.22. The molecule has 5 rings (SSSR count). The van der Waals surface area contributed by atoms with Crippen LogP contribution in [0, 0.1) is 6.92 Å². The Kier molecular flexibility index (Phi) is 4.14. The molecule has 2 aromatic rings. The van der Waals surface area contributed by atoms with Crippen LogP contribution in [0.1, 0.15) is 34.6 Å². The Hall–Kier alpha value is -2.37. The molecule has 140 valence electrons. The first-order valence-corrected chi connectivity index (χ1v) is 9.42. The lowest BCUT2D eigenvalue weighted by atomic mass is 9.93. The van der Waals surface area contributed by atoms with Gasteiger partial charge in [-0.1, -0.05) is 48.0 Å². The summed E-state index contributed by atoms with van der Waals surface area (Å²) in [5.74, 6) is 0.900. The van der Waals surface area contributed by atoms with E-state index in [2.05, 4.69) is 19.1 Å². The van der Waals surface area contributed by atoms with Crippen LogP contribution in [0.25, 0.3) is 0 Å². The van der Waals surface area contributed by atoms with Crippen LogP contribution in [0.3, 0.4) is 0 Å². The number of carbonyl (C=O) groups excluding carboxylic acids is 1. The normalized spacial score (nSPS) is 26.7. The number of hydrogen-bond acceptors (Lipinski definition) is 5. The molecule has 2 heterocycles. The van der Waals surface area contributed by atoms with Gasteiger partial charge >= 0.3 is 5.97 Å². The summed E-state index contributed by atoms with van der Waals surface area (Å²) in [6, 6.07) is 13.9. The second kappa shape index (κ2) is 6.66. The van der Waals surface area contributed by atoms with Gasteiger partial charge in [-0.25, -0.2) is 4.79 Å². The minimum atomic E-state index is -0.366. The van der Waals surface area contributed by atoms with Gasteiger partial charge in [-0.3, -0.25) is 0 Å². The smallest absolute Gasteiger partial charge is 0.332 e. The molecule has 0 N–H and O–H groups in total. The molecule has 1 saturated heterocycles. The highest BCUT2D eigenvalue weighted by Gasteiger charge is 2.60. The maximum absolute atomic E-state index is 11.9. The highest BCUT2D eigenvalue weighted by atomic mass is 16.6. The molecule has 0 spiro atoms. The molecule has 0 radical (unpaired) electrons. The summed E-state index contributed by atoms with van der Waals surface area (Å²) in [6.45, 7) is 2.60. The number of benzene rings is 2. The third-order valence-corrected chi connectivity index (χ3v) is 5.53. The number of rotatable bonds is 6. The second-order valence-corrected chi connectivity index (χ2v) is 7.54. The minimum absolute atomic E-state index is 0.0732. The van der Waals surface area contributed by atoms with Gasteiger partial charge in [0.25, 0.3) is 0 Å². The van der Waals surface area contributed by atoms with E-state index in [-0.39, 0.29) is 25.3 Å². The summed E-state index contributed by atoms with van der Waals surface area (Å²) in [4.78, 5) is 11.9. The number of carbonyl (C=O) groups is 1. The number of ether oxygens (including phenoxy) is 4. The summed E-state index contributed by atoms with van der Waals surface area (Å²) in [6.07, 6.45) is 1.89. The molecular weight excluding hydrogens is 344 g/mol. The van der Waals surface area contributed by atoms with Gasteiger partial charge in [-0.15, -0.1) is 0 Å². The van der Waals surface area contributed by atoms with Crippen LogP contribution in [0.15, 0.2) is 42.5 Å². The third-order valence-electron chi connectivity index (χ3n) is 5.53. The van der Waals surface area contributed by atoms with Crippen molar-refractivity contribution in [2.75, 3.05) is 6.61 Å². The first kappa shape index (κ1) is 16.8. The Morgan fingerprint density at radius 3 is 2.85 bits per heavy atom. The topological polar surface area (TPSA) is 57.3 Å². The number of esters is 1. The van der Waals surface area contributed by atoms with Crippen molar-refractivity contribution < 1.29 is 23.7 Å². The summed E-state index contributed by atoms with van der Waals surface area (Å²) in [5.41, 5.74) is 4.36. The molecule has 3 aliphatic rings. The predicted molar refractivity (Wildman–Crippen MR) is 97.5 cm³/mol. The van der Waals surface area contributed by atoms with Crippen LogP contribution in [0.2, 0.25) is 0 Å². The van der Waals surface area contributed by atoms with Crippen molar-refractivity contribution in [1.29, 1.82) is 0 Å². The molecule has 2 aromatic carbocycles. The zero-order valence-corrected chi connectivity index (χ0v) is 15.2. The molecule has 0 bridgehead atoms. The van der Waals surface area contributed by atoms with Crippen molar-refractivity contribution in [3.05, 3.63) is 64.7 Å². The number of epoxide rings is 1. The van der Waals surface area contributed by atoms with E-state index in [4.69, 9.17) is 18.9 Å². The SMILES string of the molecule is Cc1cc(COCC(=O)OCc2ccccc2)c2c(c1)C1C(C[C@H]3O[C@@H]13)O2. The zero-order chi connectivity index (χ0) is 18.4. The Morgan fingerprint density at radius 1 is 1.15 bits per heavy atom. The van der Waals surface area contributed by atoms with E-state index in [1.165, 1.54) is 11.1 Å². The standard InChI is InChI=1S/C22H22O5/c1-13-7-15(11-24-12-19(23)25-10-14-5-3-2-4-6-14)21-16(8-13)20-17(26-21)9-18-22(20)27-18/h2-8,17-18,20,22H,9-12H2,1H3/t17?,18-,20?,22-/m1/s1. The number of aryl methyl sites for hydroxylation is 1. The van der Waals surface area contributed by atoms with Crippen molar-refractivity contribution in [1.82, 2.24) is 0 Å². The fourth-order valence-corrected chi connectivity index (χ4v) is 4.30. The zero-order valence-electron chi connectivity index (χ0n) is 15.2. The maximum atomic E-state index is 11.9. The van der Waals surface area contributed by atoms with Crippen LogP contribution >= 0.6 is 0 Å². The van der Waals surface area contributed by atoms with Gasteiger partial charge in [0.2, 0.25) is 0 Å². The fourth-order valence-electron chi connectivity index (χ4n) is 4.30. The summed E-state index contributed by atoms with van der Waals surface area (Å²) >= 11 is 0. The van der Waals surface area contributed by atoms with Gasteiger partial charge in [0.1, 0.15) is 25.1 Å². The van der Waals surface area contributed by atoms with E-state index in [0.717, 1.165) is 23.3 Å². The number of hydrogen-bond donors (Lipinski definition) is 0. The molecule has 1 saturated carbocycles. The Morgan fingerprint density at radius 2 is 2.00 bits per heavy atom. The van der Waals surface area contributed by atoms with Crippen LogP contribution in [-0.2, 0) is 32.2 Å². The first-order chi connectivity index (χ1) is 13.2. The molecule has 5 heteroatoms. The maximum Gasteiger partial charge on any atom is 0.332 e. The molecule has 0 amide bonds. The van der Waals surface area contributed by atoms with Crippen molar-refractivity contribution in [2.24, 2.45) is 0 Å². The van der Waals surface area contributed by atoms with Gasteiger partial charge in [0.05, 0.1) is 24.7 Å². The van der Waals surface area contributed by atoms with Gasteiger partial charge in [-0.05, 0) is 12.5 Å². The van der Waals surface area contributed by atoms with Crippen LogP contribution in [0.4, 0.5) is 0 Å². The molecule has 27 heavy (non-hydrogen) atoms. The van der Waals surface area contributed by atoms with Gasteiger partial charge in [0, 0.05) is 17.5 Å². The first-order valence-electron chi connectivity index (χ1n) is 9.42. The molecule has 2 unspecified atom stereocenters. The van der Waals surface area contributed by atoms with Crippen LogP contribution in [-0.4, -0.2) is 30.9 Å². The van der Waals surface area contributed by atoms with E-state index in [1.807, 2.05) is 30.3 Å². The summed E-state index contributed by atoms with van der Waals surface area (Å²) in [7, 11) is 0. The lowest BCUT2D eigenvalue weighted by Gasteiger charge is -2.12. The lowest BCUT2D eigenvalue weighted by molar-refractivity contribution is -0.150. The molecule has 2 aliphatic heterocycles. The van der Waals surface area contributed by atoms with Gasteiger partial charge < -0.3 is 18.9 Å². The second-order valence-electron chi connectivity index (χ2n) is 7.54. The molecule has 5 nitrogen and oxygen atoms in total. The van der Waals surface area contributed by atoms with Crippen molar-refractivity contribution >= 4 is 5.97 Å².